The van der Waals surface area contributed by atoms with Gasteiger partial charge in [-0.15, -0.1) is 16.4 Å². The van der Waals surface area contributed by atoms with Gasteiger partial charge in [0.1, 0.15) is 39.7 Å². The summed E-state index contributed by atoms with van der Waals surface area (Å²) in [6.07, 6.45) is -3.05. The third kappa shape index (κ3) is 3.84. The second-order valence-electron chi connectivity index (χ2n) is 8.19. The van der Waals surface area contributed by atoms with E-state index in [1.165, 1.54) is 10.8 Å². The zero-order valence-electron chi connectivity index (χ0n) is 18.7. The fourth-order valence-electron chi connectivity index (χ4n) is 3.96. The highest BCUT2D eigenvalue weighted by molar-refractivity contribution is 7.26. The van der Waals surface area contributed by atoms with Crippen LogP contribution in [0.5, 0.6) is 5.75 Å². The van der Waals surface area contributed by atoms with Crippen molar-refractivity contribution in [2.75, 3.05) is 0 Å². The average molecular weight is 530 g/mol. The van der Waals surface area contributed by atoms with Crippen molar-refractivity contribution in [2.24, 2.45) is 0 Å². The summed E-state index contributed by atoms with van der Waals surface area (Å²) >= 11 is 7.09. The van der Waals surface area contributed by atoms with Gasteiger partial charge in [0, 0.05) is 10.4 Å². The summed E-state index contributed by atoms with van der Waals surface area (Å²) in [6.45, 7) is 3.72. The smallest absolute Gasteiger partial charge is 0.433 e. The molecule has 0 saturated carbocycles. The third-order valence-corrected chi connectivity index (χ3v) is 6.95. The van der Waals surface area contributed by atoms with E-state index in [0.717, 1.165) is 23.0 Å². The summed E-state index contributed by atoms with van der Waals surface area (Å²) in [7, 11) is 0. The molecule has 0 unspecified atom stereocenters. The third-order valence-electron chi connectivity index (χ3n) is 5.64. The molecule has 0 radical (unpaired) electrons. The average Bonchev–Trinajstić information content (AvgIpc) is 3.53. The maximum absolute atomic E-state index is 13.3. The fraction of sp³-hybridized carbons (Fsp3) is 0.167. The number of furan rings is 1. The Bertz CT molecular complexity index is 1790. The number of rotatable bonds is 4. The lowest BCUT2D eigenvalue weighted by Gasteiger charge is -2.07. The Kier molecular flexibility index (Phi) is 5.16. The van der Waals surface area contributed by atoms with Gasteiger partial charge >= 0.3 is 6.18 Å². The molecule has 0 atom stereocenters. The minimum absolute atomic E-state index is 0.199. The monoisotopic (exact) mass is 529 g/mol. The van der Waals surface area contributed by atoms with Crippen LogP contribution in [0.1, 0.15) is 22.6 Å². The van der Waals surface area contributed by atoms with Crippen LogP contribution in [-0.4, -0.2) is 24.6 Å². The van der Waals surface area contributed by atoms with Crippen molar-refractivity contribution in [1.29, 1.82) is 0 Å². The van der Waals surface area contributed by atoms with E-state index in [-0.39, 0.29) is 11.4 Å². The molecule has 36 heavy (non-hydrogen) atoms. The predicted molar refractivity (Wildman–Crippen MR) is 129 cm³/mol. The van der Waals surface area contributed by atoms with Crippen molar-refractivity contribution in [3.05, 3.63) is 70.3 Å². The lowest BCUT2D eigenvalue weighted by molar-refractivity contribution is -0.141. The Balaban J connectivity index is 1.35. The number of nitrogens with zero attached hydrogens (tertiary/aromatic N) is 5. The van der Waals surface area contributed by atoms with Crippen molar-refractivity contribution in [3.8, 4) is 17.3 Å². The van der Waals surface area contributed by atoms with Crippen LogP contribution in [0.4, 0.5) is 13.2 Å². The highest BCUT2D eigenvalue weighted by Gasteiger charge is 2.33. The van der Waals surface area contributed by atoms with E-state index in [1.807, 2.05) is 13.0 Å². The molecular weight excluding hydrogens is 515 g/mol. The van der Waals surface area contributed by atoms with Gasteiger partial charge in [-0.25, -0.2) is 19.5 Å². The summed E-state index contributed by atoms with van der Waals surface area (Å²) in [5.41, 5.74) is 1.41. The first kappa shape index (κ1) is 22.7. The van der Waals surface area contributed by atoms with Crippen LogP contribution in [-0.2, 0) is 12.8 Å². The molecule has 12 heteroatoms. The minimum Gasteiger partial charge on any atom is -0.485 e. The van der Waals surface area contributed by atoms with Crippen molar-refractivity contribution in [1.82, 2.24) is 24.6 Å². The molecule has 0 N–H and O–H groups in total. The summed E-state index contributed by atoms with van der Waals surface area (Å²) in [5.74, 6) is 2.01. The van der Waals surface area contributed by atoms with Gasteiger partial charge in [0.05, 0.1) is 5.52 Å². The molecule has 1 aromatic carbocycles. The molecule has 5 aromatic heterocycles. The Morgan fingerprint density at radius 3 is 2.69 bits per heavy atom. The van der Waals surface area contributed by atoms with Crippen molar-refractivity contribution < 1.29 is 22.3 Å². The first-order valence-corrected chi connectivity index (χ1v) is 11.9. The number of benzene rings is 1. The standard InChI is InChI=1S/C24H15ClF3N5O2S/c1-11-7-13(25)3-5-15(11)34-9-14-4-6-16(35-14)21-31-22-20-19(29-10-33(22)32-21)18-12(2)8-17(24(26,27)28)30-23(18)36-20/h3-8,10H,9H2,1-2H3. The van der Waals surface area contributed by atoms with Gasteiger partial charge in [-0.2, -0.15) is 13.2 Å². The first-order valence-electron chi connectivity index (χ1n) is 10.7. The van der Waals surface area contributed by atoms with E-state index in [0.29, 0.717) is 54.9 Å². The largest absolute Gasteiger partial charge is 0.485 e. The van der Waals surface area contributed by atoms with Gasteiger partial charge < -0.3 is 9.15 Å². The number of aryl methyl sites for hydroxylation is 2. The van der Waals surface area contributed by atoms with Gasteiger partial charge in [0.25, 0.3) is 0 Å². The van der Waals surface area contributed by atoms with Gasteiger partial charge in [-0.05, 0) is 61.4 Å². The number of alkyl halides is 3. The van der Waals surface area contributed by atoms with E-state index in [2.05, 4.69) is 20.1 Å². The van der Waals surface area contributed by atoms with Crippen molar-refractivity contribution >= 4 is 49.0 Å². The molecule has 0 amide bonds. The number of hydrogen-bond acceptors (Lipinski definition) is 7. The number of thiophene rings is 1. The summed E-state index contributed by atoms with van der Waals surface area (Å²) in [4.78, 5) is 13.1. The van der Waals surface area contributed by atoms with Crippen LogP contribution in [0, 0.1) is 13.8 Å². The molecule has 0 bridgehead atoms. The molecular formula is C24H15ClF3N5O2S. The number of halogens is 4. The molecule has 182 valence electrons. The van der Waals surface area contributed by atoms with E-state index < -0.39 is 11.9 Å². The number of pyridine rings is 1. The molecule has 0 saturated heterocycles. The lowest BCUT2D eigenvalue weighted by atomic mass is 10.1. The highest BCUT2D eigenvalue weighted by Crippen LogP contribution is 2.38. The molecule has 0 spiro atoms. The molecule has 6 aromatic rings. The molecule has 6 rings (SSSR count). The first-order chi connectivity index (χ1) is 17.2. The predicted octanol–water partition coefficient (Wildman–Crippen LogP) is 7.02. The second kappa shape index (κ2) is 8.17. The van der Waals surface area contributed by atoms with Crippen LogP contribution >= 0.6 is 22.9 Å². The van der Waals surface area contributed by atoms with Crippen LogP contribution in [0.3, 0.4) is 0 Å². The van der Waals surface area contributed by atoms with Gasteiger partial charge in [0.15, 0.2) is 11.4 Å². The van der Waals surface area contributed by atoms with Gasteiger partial charge in [-0.3, -0.25) is 0 Å². The van der Waals surface area contributed by atoms with Crippen molar-refractivity contribution in [2.45, 2.75) is 26.6 Å². The van der Waals surface area contributed by atoms with Gasteiger partial charge in [-0.1, -0.05) is 11.6 Å². The van der Waals surface area contributed by atoms with E-state index in [1.54, 1.807) is 31.2 Å². The topological polar surface area (TPSA) is 78.3 Å². The van der Waals surface area contributed by atoms with Crippen molar-refractivity contribution in [3.63, 3.8) is 0 Å². The second-order valence-corrected chi connectivity index (χ2v) is 9.63. The Hall–Kier alpha value is -3.70. The number of fused-ring (bicyclic) bond motifs is 5. The Labute approximate surface area is 210 Å². The van der Waals surface area contributed by atoms with Crippen LogP contribution in [0.15, 0.2) is 47.1 Å². The Morgan fingerprint density at radius 1 is 1.08 bits per heavy atom. The van der Waals surface area contributed by atoms with E-state index in [4.69, 9.17) is 20.8 Å². The number of hydrogen-bond donors (Lipinski definition) is 0. The Morgan fingerprint density at radius 2 is 1.92 bits per heavy atom. The molecule has 7 nitrogen and oxygen atoms in total. The SMILES string of the molecule is Cc1cc(Cl)ccc1OCc1ccc(-c2nc3c4sc5nc(C(F)(F)F)cc(C)c5c4ncn3n2)o1. The lowest BCUT2D eigenvalue weighted by Crippen LogP contribution is -2.07. The summed E-state index contributed by atoms with van der Waals surface area (Å²) < 4.78 is 53.6. The van der Waals surface area contributed by atoms with Gasteiger partial charge in [0.2, 0.25) is 5.82 Å². The maximum Gasteiger partial charge on any atom is 0.433 e. The van der Waals surface area contributed by atoms with Crippen LogP contribution in [0.2, 0.25) is 5.02 Å². The zero-order chi connectivity index (χ0) is 25.2. The van der Waals surface area contributed by atoms with E-state index >= 15 is 0 Å². The fourth-order valence-corrected chi connectivity index (χ4v) is 5.36. The molecule has 0 aliphatic heterocycles. The van der Waals surface area contributed by atoms with E-state index in [9.17, 15) is 13.2 Å². The molecule has 5 heterocycles. The zero-order valence-corrected chi connectivity index (χ0v) is 20.3. The molecule has 0 aliphatic rings. The highest BCUT2D eigenvalue weighted by atomic mass is 35.5. The number of aromatic nitrogens is 5. The normalized spacial score (nSPS) is 12.3. The number of ether oxygens (including phenoxy) is 1. The molecule has 0 fully saturated rings. The van der Waals surface area contributed by atoms with Crippen LogP contribution in [0.25, 0.3) is 37.7 Å². The quantitative estimate of drug-likeness (QED) is 0.244. The maximum atomic E-state index is 13.3. The molecule has 0 aliphatic carbocycles. The summed E-state index contributed by atoms with van der Waals surface area (Å²) in [5, 5.41) is 5.64. The summed E-state index contributed by atoms with van der Waals surface area (Å²) in [6, 6.07) is 9.90. The minimum atomic E-state index is -4.53. The van der Waals surface area contributed by atoms with Crippen LogP contribution < -0.4 is 4.74 Å².